The highest BCUT2D eigenvalue weighted by Crippen LogP contribution is 2.40. The van der Waals surface area contributed by atoms with Crippen LogP contribution in [0.25, 0.3) is 11.6 Å². The van der Waals surface area contributed by atoms with Crippen LogP contribution in [0.4, 0.5) is 5.69 Å². The fraction of sp³-hybridized carbons (Fsp3) is 0.294. The van der Waals surface area contributed by atoms with Crippen molar-refractivity contribution in [1.82, 2.24) is 15.2 Å². The Labute approximate surface area is 155 Å². The Morgan fingerprint density at radius 3 is 2.65 bits per heavy atom. The van der Waals surface area contributed by atoms with Gasteiger partial charge in [0.25, 0.3) is 15.9 Å². The summed E-state index contributed by atoms with van der Waals surface area (Å²) >= 11 is 6.07. The molecule has 1 aromatic carbocycles. The highest BCUT2D eigenvalue weighted by atomic mass is 35.5. The predicted octanol–water partition coefficient (Wildman–Crippen LogP) is 4.01. The Morgan fingerprint density at radius 2 is 1.96 bits per heavy atom. The minimum absolute atomic E-state index is 0.151. The number of anilines is 1. The maximum Gasteiger partial charge on any atom is 0.264 e. The zero-order valence-electron chi connectivity index (χ0n) is 14.2. The molecule has 1 fully saturated rings. The van der Waals surface area contributed by atoms with E-state index in [0.29, 0.717) is 45.4 Å². The fourth-order valence-electron chi connectivity index (χ4n) is 2.92. The van der Waals surface area contributed by atoms with Crippen LogP contribution in [0, 0.1) is 13.8 Å². The number of H-pyrrole nitrogens is 1. The number of halogens is 1. The number of aryl methyl sites for hydroxylation is 1. The van der Waals surface area contributed by atoms with Gasteiger partial charge in [-0.05, 0) is 38.8 Å². The topological polar surface area (TPSA) is 101 Å². The van der Waals surface area contributed by atoms with Crippen LogP contribution in [0.2, 0.25) is 5.02 Å². The molecule has 2 heterocycles. The Bertz CT molecular complexity index is 1080. The lowest BCUT2D eigenvalue weighted by Gasteiger charge is -2.10. The van der Waals surface area contributed by atoms with Crippen molar-refractivity contribution in [2.75, 3.05) is 4.72 Å². The number of benzene rings is 1. The minimum Gasteiger partial charge on any atom is -0.419 e. The maximum atomic E-state index is 12.9. The molecular formula is C17H17ClN4O3S. The molecule has 0 aliphatic heterocycles. The van der Waals surface area contributed by atoms with E-state index in [-0.39, 0.29) is 4.90 Å². The number of aromatic amines is 1. The van der Waals surface area contributed by atoms with E-state index < -0.39 is 10.0 Å². The summed E-state index contributed by atoms with van der Waals surface area (Å²) in [5.41, 5.74) is 1.85. The number of sulfonamides is 1. The van der Waals surface area contributed by atoms with E-state index in [2.05, 4.69) is 19.9 Å². The predicted molar refractivity (Wildman–Crippen MR) is 97.8 cm³/mol. The standard InChI is InChI=1S/C17H17ClN4O3S/c1-9-14(17-21-20-16(25-17)11-7-8-11)19-10(2)15(9)26(23,24)22-13-6-4-3-5-12(13)18/h3-6,11,19,22H,7-8H2,1-2H3. The summed E-state index contributed by atoms with van der Waals surface area (Å²) < 4.78 is 34.1. The van der Waals surface area contributed by atoms with Gasteiger partial charge in [-0.2, -0.15) is 0 Å². The maximum absolute atomic E-state index is 12.9. The van der Waals surface area contributed by atoms with Crippen molar-refractivity contribution in [3.8, 4) is 11.6 Å². The molecule has 3 aromatic rings. The van der Waals surface area contributed by atoms with Crippen LogP contribution in [-0.4, -0.2) is 23.6 Å². The molecule has 1 aliphatic rings. The Hall–Kier alpha value is -2.32. The molecule has 0 radical (unpaired) electrons. The molecule has 0 bridgehead atoms. The summed E-state index contributed by atoms with van der Waals surface area (Å²) in [5.74, 6) is 1.23. The van der Waals surface area contributed by atoms with E-state index >= 15 is 0 Å². The van der Waals surface area contributed by atoms with Crippen LogP contribution in [0.5, 0.6) is 0 Å². The van der Waals surface area contributed by atoms with Gasteiger partial charge < -0.3 is 9.40 Å². The summed E-state index contributed by atoms with van der Waals surface area (Å²) in [6, 6.07) is 6.68. The van der Waals surface area contributed by atoms with Gasteiger partial charge in [-0.15, -0.1) is 10.2 Å². The molecule has 7 nitrogen and oxygen atoms in total. The van der Waals surface area contributed by atoms with Gasteiger partial charge >= 0.3 is 0 Å². The largest absolute Gasteiger partial charge is 0.419 e. The van der Waals surface area contributed by atoms with Crippen LogP contribution in [0.1, 0.15) is 35.9 Å². The Morgan fingerprint density at radius 1 is 1.23 bits per heavy atom. The number of nitrogens with zero attached hydrogens (tertiary/aromatic N) is 2. The Balaban J connectivity index is 1.72. The third kappa shape index (κ3) is 2.99. The number of para-hydroxylation sites is 1. The summed E-state index contributed by atoms with van der Waals surface area (Å²) in [6.07, 6.45) is 2.09. The third-order valence-electron chi connectivity index (χ3n) is 4.34. The SMILES string of the molecule is Cc1[nH]c(-c2nnc(C3CC3)o2)c(C)c1S(=O)(=O)Nc1ccccc1Cl. The molecule has 9 heteroatoms. The quantitative estimate of drug-likeness (QED) is 0.683. The molecule has 0 unspecified atom stereocenters. The van der Waals surface area contributed by atoms with Crippen LogP contribution in [-0.2, 0) is 10.0 Å². The monoisotopic (exact) mass is 392 g/mol. The number of rotatable bonds is 5. The number of nitrogens with one attached hydrogen (secondary N) is 2. The lowest BCUT2D eigenvalue weighted by atomic mass is 10.2. The van der Waals surface area contributed by atoms with Gasteiger partial charge in [0, 0.05) is 17.2 Å². The second-order valence-electron chi connectivity index (χ2n) is 6.38. The van der Waals surface area contributed by atoms with E-state index in [1.54, 1.807) is 38.1 Å². The fourth-order valence-corrected chi connectivity index (χ4v) is 4.69. The first kappa shape index (κ1) is 17.1. The van der Waals surface area contributed by atoms with Crippen molar-refractivity contribution in [2.24, 2.45) is 0 Å². The zero-order chi connectivity index (χ0) is 18.5. The summed E-state index contributed by atoms with van der Waals surface area (Å²) in [7, 11) is -3.84. The van der Waals surface area contributed by atoms with Crippen molar-refractivity contribution in [3.63, 3.8) is 0 Å². The summed E-state index contributed by atoms with van der Waals surface area (Å²) in [5, 5.41) is 8.44. The molecule has 2 aromatic heterocycles. The molecule has 26 heavy (non-hydrogen) atoms. The number of aromatic nitrogens is 3. The molecule has 2 N–H and O–H groups in total. The highest BCUT2D eigenvalue weighted by Gasteiger charge is 2.31. The molecule has 0 saturated heterocycles. The van der Waals surface area contributed by atoms with E-state index in [4.69, 9.17) is 16.0 Å². The molecular weight excluding hydrogens is 376 g/mol. The lowest BCUT2D eigenvalue weighted by molar-refractivity contribution is 0.507. The zero-order valence-corrected chi connectivity index (χ0v) is 15.8. The lowest BCUT2D eigenvalue weighted by Crippen LogP contribution is -2.14. The van der Waals surface area contributed by atoms with Crippen molar-refractivity contribution < 1.29 is 12.8 Å². The Kier molecular flexibility index (Phi) is 4.04. The van der Waals surface area contributed by atoms with Gasteiger partial charge in [0.15, 0.2) is 0 Å². The van der Waals surface area contributed by atoms with E-state index in [0.717, 1.165) is 12.8 Å². The molecule has 1 saturated carbocycles. The highest BCUT2D eigenvalue weighted by molar-refractivity contribution is 7.92. The first-order valence-corrected chi connectivity index (χ1v) is 10.0. The molecule has 4 rings (SSSR count). The van der Waals surface area contributed by atoms with Crippen LogP contribution in [0.15, 0.2) is 33.6 Å². The minimum atomic E-state index is -3.84. The summed E-state index contributed by atoms with van der Waals surface area (Å²) in [4.78, 5) is 3.21. The number of hydrogen-bond donors (Lipinski definition) is 2. The van der Waals surface area contributed by atoms with E-state index in [1.807, 2.05) is 0 Å². The second kappa shape index (κ2) is 6.14. The van der Waals surface area contributed by atoms with Crippen LogP contribution in [0.3, 0.4) is 0 Å². The average molecular weight is 393 g/mol. The first-order valence-electron chi connectivity index (χ1n) is 8.17. The van der Waals surface area contributed by atoms with Crippen LogP contribution < -0.4 is 4.72 Å². The molecule has 136 valence electrons. The average Bonchev–Trinajstić information content (AvgIpc) is 3.23. The van der Waals surface area contributed by atoms with Crippen molar-refractivity contribution >= 4 is 27.3 Å². The van der Waals surface area contributed by atoms with Gasteiger partial charge in [0.05, 0.1) is 10.7 Å². The van der Waals surface area contributed by atoms with Gasteiger partial charge in [-0.25, -0.2) is 8.42 Å². The normalized spacial score (nSPS) is 14.6. The van der Waals surface area contributed by atoms with Gasteiger partial charge in [0.1, 0.15) is 10.6 Å². The summed E-state index contributed by atoms with van der Waals surface area (Å²) in [6.45, 7) is 3.40. The van der Waals surface area contributed by atoms with Gasteiger partial charge in [-0.3, -0.25) is 4.72 Å². The van der Waals surface area contributed by atoms with Crippen LogP contribution >= 0.6 is 11.6 Å². The smallest absolute Gasteiger partial charge is 0.264 e. The van der Waals surface area contributed by atoms with E-state index in [9.17, 15) is 8.42 Å². The van der Waals surface area contributed by atoms with Crippen molar-refractivity contribution in [1.29, 1.82) is 0 Å². The molecule has 0 amide bonds. The second-order valence-corrected chi connectivity index (χ2v) is 8.41. The van der Waals surface area contributed by atoms with Crippen molar-refractivity contribution in [3.05, 3.63) is 46.4 Å². The molecule has 0 spiro atoms. The molecule has 1 aliphatic carbocycles. The number of hydrogen-bond acceptors (Lipinski definition) is 5. The van der Waals surface area contributed by atoms with Crippen molar-refractivity contribution in [2.45, 2.75) is 37.5 Å². The van der Waals surface area contributed by atoms with Gasteiger partial charge in [0.2, 0.25) is 5.89 Å². The van der Waals surface area contributed by atoms with E-state index in [1.165, 1.54) is 0 Å². The molecule has 0 atom stereocenters. The first-order chi connectivity index (χ1) is 12.4. The van der Waals surface area contributed by atoms with Gasteiger partial charge in [-0.1, -0.05) is 23.7 Å². The third-order valence-corrected chi connectivity index (χ3v) is 6.30.